The molecule has 0 aromatic heterocycles. The van der Waals surface area contributed by atoms with E-state index in [9.17, 15) is 28.8 Å². The van der Waals surface area contributed by atoms with E-state index in [1.54, 1.807) is 12.1 Å². The molecule has 226 valence electrons. The highest BCUT2D eigenvalue weighted by atomic mass is 16.2. The van der Waals surface area contributed by atoms with E-state index < -0.39 is 53.1 Å². The lowest BCUT2D eigenvalue weighted by atomic mass is 10.0. The molecule has 2 unspecified atom stereocenters. The van der Waals surface area contributed by atoms with E-state index in [4.69, 9.17) is 5.73 Å². The molecule has 3 atom stereocenters. The number of nitrogens with two attached hydrogens (primary N) is 1. The minimum Gasteiger partial charge on any atom is -0.368 e. The van der Waals surface area contributed by atoms with Gasteiger partial charge in [-0.05, 0) is 38.3 Å². The molecule has 0 aliphatic rings. The zero-order valence-electron chi connectivity index (χ0n) is 24.6. The predicted molar refractivity (Wildman–Crippen MR) is 158 cm³/mol. The molecule has 0 heterocycles. The normalized spacial score (nSPS) is 13.1. The molecule has 2 aromatic rings. The maximum absolute atomic E-state index is 13.2. The molecule has 2 rings (SSSR count). The Kier molecular flexibility index (Phi) is 12.9. The summed E-state index contributed by atoms with van der Waals surface area (Å²) < 4.78 is 0. The third-order valence-electron chi connectivity index (χ3n) is 6.64. The van der Waals surface area contributed by atoms with Gasteiger partial charge in [0, 0.05) is 6.42 Å². The summed E-state index contributed by atoms with van der Waals surface area (Å²) in [4.78, 5) is 76.2. The van der Waals surface area contributed by atoms with Gasteiger partial charge in [0.15, 0.2) is 0 Å². The fraction of sp³-hybridized carbons (Fsp3) is 0.419. The zero-order valence-corrected chi connectivity index (χ0v) is 24.6. The van der Waals surface area contributed by atoms with Crippen molar-refractivity contribution in [1.82, 2.24) is 21.3 Å². The van der Waals surface area contributed by atoms with Crippen LogP contribution in [0.4, 0.5) is 0 Å². The first-order chi connectivity index (χ1) is 19.8. The van der Waals surface area contributed by atoms with Gasteiger partial charge < -0.3 is 27.0 Å². The molecule has 2 aromatic carbocycles. The predicted octanol–water partition coefficient (Wildman–Crippen LogP) is 1.09. The number of carbonyl (C=O) groups excluding carboxylic acids is 6. The first-order valence-corrected chi connectivity index (χ1v) is 14.0. The van der Waals surface area contributed by atoms with Crippen molar-refractivity contribution < 1.29 is 28.8 Å². The highest BCUT2D eigenvalue weighted by Gasteiger charge is 2.33. The maximum Gasteiger partial charge on any atom is 0.290 e. The Labute approximate surface area is 246 Å². The summed E-state index contributed by atoms with van der Waals surface area (Å²) in [5.74, 6) is -4.47. The van der Waals surface area contributed by atoms with E-state index in [0.29, 0.717) is 6.42 Å². The van der Waals surface area contributed by atoms with Crippen LogP contribution in [0, 0.1) is 0 Å². The maximum atomic E-state index is 13.2. The van der Waals surface area contributed by atoms with Crippen molar-refractivity contribution in [2.24, 2.45) is 5.73 Å². The lowest BCUT2D eigenvalue weighted by Gasteiger charge is -2.26. The summed E-state index contributed by atoms with van der Waals surface area (Å²) in [5, 5.41) is 10.2. The average Bonchev–Trinajstić information content (AvgIpc) is 2.94. The quantitative estimate of drug-likeness (QED) is 0.186. The van der Waals surface area contributed by atoms with Gasteiger partial charge in [-0.2, -0.15) is 0 Å². The third kappa shape index (κ3) is 10.8. The number of carbonyl (C=O) groups is 6. The molecule has 11 nitrogen and oxygen atoms in total. The van der Waals surface area contributed by atoms with E-state index in [2.05, 4.69) is 21.3 Å². The van der Waals surface area contributed by atoms with Gasteiger partial charge in [0.2, 0.25) is 29.4 Å². The van der Waals surface area contributed by atoms with E-state index >= 15 is 0 Å². The number of nitrogens with one attached hydrogen (secondary N) is 4. The molecular formula is C31H41N5O6. The van der Waals surface area contributed by atoms with Crippen LogP contribution in [-0.4, -0.2) is 59.0 Å². The van der Waals surface area contributed by atoms with Crippen molar-refractivity contribution in [2.75, 3.05) is 0 Å². The lowest BCUT2D eigenvalue weighted by Crippen LogP contribution is -2.59. The van der Waals surface area contributed by atoms with Crippen LogP contribution in [-0.2, 0) is 41.6 Å². The van der Waals surface area contributed by atoms with E-state index in [1.807, 2.05) is 55.5 Å². The molecule has 0 saturated carbocycles. The highest BCUT2D eigenvalue weighted by molar-refractivity contribution is 6.38. The molecule has 11 heteroatoms. The second-order valence-electron chi connectivity index (χ2n) is 10.7. The van der Waals surface area contributed by atoms with Gasteiger partial charge in [0.05, 0.1) is 12.5 Å². The van der Waals surface area contributed by atoms with Crippen molar-refractivity contribution in [3.63, 3.8) is 0 Å². The Morgan fingerprint density at radius 2 is 1.36 bits per heavy atom. The number of hydrogen-bond donors (Lipinski definition) is 5. The Morgan fingerprint density at radius 3 is 1.90 bits per heavy atom. The molecular weight excluding hydrogens is 538 g/mol. The number of hydrogen-bond acceptors (Lipinski definition) is 6. The van der Waals surface area contributed by atoms with Gasteiger partial charge in [0.1, 0.15) is 17.6 Å². The topological polar surface area (TPSA) is 177 Å². The van der Waals surface area contributed by atoms with Gasteiger partial charge in [-0.25, -0.2) is 0 Å². The van der Waals surface area contributed by atoms with Crippen molar-refractivity contribution in [3.05, 3.63) is 71.8 Å². The molecule has 0 aliphatic heterocycles. The Balaban J connectivity index is 2.10. The van der Waals surface area contributed by atoms with Gasteiger partial charge in [-0.15, -0.1) is 0 Å². The van der Waals surface area contributed by atoms with Crippen LogP contribution >= 0.6 is 0 Å². The Bertz CT molecular complexity index is 1250. The number of unbranched alkanes of at least 4 members (excludes halogenated alkanes) is 1. The molecule has 0 spiro atoms. The first kappa shape index (κ1) is 33.7. The number of benzene rings is 2. The van der Waals surface area contributed by atoms with Crippen LogP contribution in [0.3, 0.4) is 0 Å². The highest BCUT2D eigenvalue weighted by Crippen LogP contribution is 2.08. The van der Waals surface area contributed by atoms with Gasteiger partial charge >= 0.3 is 0 Å². The number of ketones is 1. The third-order valence-corrected chi connectivity index (χ3v) is 6.64. The summed E-state index contributed by atoms with van der Waals surface area (Å²) in [6.45, 7) is 6.11. The molecule has 0 saturated heterocycles. The molecule has 0 radical (unpaired) electrons. The summed E-state index contributed by atoms with van der Waals surface area (Å²) in [7, 11) is 0. The molecule has 42 heavy (non-hydrogen) atoms. The zero-order chi connectivity index (χ0) is 31.3. The van der Waals surface area contributed by atoms with Crippen LogP contribution in [0.5, 0.6) is 0 Å². The van der Waals surface area contributed by atoms with Crippen molar-refractivity contribution in [1.29, 1.82) is 0 Å². The standard InChI is InChI=1S/C31H41N5O6/c1-5-6-17-23(28(40)36-31(3,4)30(32)42)35-29(41)26(38)20(2)33-27(39)24(18-21-13-9-7-10-14-21)34-25(37)19-22-15-11-8-12-16-22/h7-16,20,23-24H,5-6,17-19H2,1-4H3,(H2,32,42)(H,33,39)(H,34,37)(H,35,41)(H,36,40)/t20?,23-,24?/m0/s1. The van der Waals surface area contributed by atoms with Crippen LogP contribution < -0.4 is 27.0 Å². The summed E-state index contributed by atoms with van der Waals surface area (Å²) in [5.41, 5.74) is 5.53. The molecule has 0 fully saturated rings. The van der Waals surface area contributed by atoms with Crippen LogP contribution in [0.1, 0.15) is 58.1 Å². The SMILES string of the molecule is CCCC[C@H](NC(=O)C(=O)C(C)NC(=O)C(Cc1ccccc1)NC(=O)Cc1ccccc1)C(=O)NC(C)(C)C(N)=O. The molecule has 6 N–H and O–H groups in total. The monoisotopic (exact) mass is 579 g/mol. The van der Waals surface area contributed by atoms with Gasteiger partial charge in [0.25, 0.3) is 5.91 Å². The first-order valence-electron chi connectivity index (χ1n) is 14.0. The summed E-state index contributed by atoms with van der Waals surface area (Å²) >= 11 is 0. The second kappa shape index (κ2) is 16.0. The number of amides is 5. The van der Waals surface area contributed by atoms with Crippen molar-refractivity contribution >= 4 is 35.3 Å². The smallest absolute Gasteiger partial charge is 0.290 e. The van der Waals surface area contributed by atoms with Crippen LogP contribution in [0.25, 0.3) is 0 Å². The molecule has 0 aliphatic carbocycles. The summed E-state index contributed by atoms with van der Waals surface area (Å²) in [6, 6.07) is 14.8. The van der Waals surface area contributed by atoms with Crippen molar-refractivity contribution in [2.45, 2.75) is 83.5 Å². The molecule has 5 amide bonds. The summed E-state index contributed by atoms with van der Waals surface area (Å²) in [6.07, 6.45) is 1.74. The minimum atomic E-state index is -1.36. The number of Topliss-reactive ketones (excluding diaryl/α,β-unsaturated/α-hetero) is 1. The van der Waals surface area contributed by atoms with Crippen LogP contribution in [0.15, 0.2) is 60.7 Å². The van der Waals surface area contributed by atoms with Gasteiger partial charge in [-0.1, -0.05) is 80.4 Å². The Morgan fingerprint density at radius 1 is 0.786 bits per heavy atom. The second-order valence-corrected chi connectivity index (χ2v) is 10.7. The lowest BCUT2D eigenvalue weighted by molar-refractivity contribution is -0.142. The minimum absolute atomic E-state index is 0.0596. The molecule has 0 bridgehead atoms. The average molecular weight is 580 g/mol. The van der Waals surface area contributed by atoms with Crippen LogP contribution in [0.2, 0.25) is 0 Å². The van der Waals surface area contributed by atoms with E-state index in [0.717, 1.165) is 17.5 Å². The van der Waals surface area contributed by atoms with E-state index in [-0.39, 0.29) is 25.2 Å². The Hall–Kier alpha value is -4.54. The van der Waals surface area contributed by atoms with E-state index in [1.165, 1.54) is 20.8 Å². The van der Waals surface area contributed by atoms with Gasteiger partial charge in [-0.3, -0.25) is 28.8 Å². The largest absolute Gasteiger partial charge is 0.368 e. The number of primary amides is 1. The number of rotatable bonds is 16. The fourth-order valence-corrected chi connectivity index (χ4v) is 4.03. The fourth-order valence-electron chi connectivity index (χ4n) is 4.03. The van der Waals surface area contributed by atoms with Crippen molar-refractivity contribution in [3.8, 4) is 0 Å².